The van der Waals surface area contributed by atoms with Crippen molar-refractivity contribution >= 4 is 11.6 Å². The zero-order valence-electron chi connectivity index (χ0n) is 11.4. The molecule has 1 amide bonds. The molecule has 1 aromatic rings. The zero-order chi connectivity index (χ0) is 13.0. The minimum absolute atomic E-state index is 0.282. The van der Waals surface area contributed by atoms with E-state index in [9.17, 15) is 4.79 Å². The first-order valence-electron chi connectivity index (χ1n) is 7.26. The third-order valence-electron chi connectivity index (χ3n) is 5.07. The van der Waals surface area contributed by atoms with Crippen molar-refractivity contribution in [2.75, 3.05) is 18.6 Å². The Kier molecular flexibility index (Phi) is 2.23. The van der Waals surface area contributed by atoms with Crippen molar-refractivity contribution < 1.29 is 9.53 Å². The van der Waals surface area contributed by atoms with E-state index in [4.69, 9.17) is 4.74 Å². The monoisotopic (exact) mass is 257 g/mol. The number of hydrogen-bond acceptors (Lipinski definition) is 2. The standard InChI is InChI=1S/C16H19NO2/c1-19-13-5-4-12(17-10-2-3-14(17)18)11-6-7-16(8-9-16)15(11)13/h4-5H,2-3,6-10H2,1H3. The molecule has 3 aliphatic rings. The minimum Gasteiger partial charge on any atom is -0.496 e. The summed E-state index contributed by atoms with van der Waals surface area (Å²) in [6, 6.07) is 4.15. The van der Waals surface area contributed by atoms with Gasteiger partial charge in [0.1, 0.15) is 5.75 Å². The van der Waals surface area contributed by atoms with Crippen LogP contribution in [-0.4, -0.2) is 19.6 Å². The van der Waals surface area contributed by atoms with Crippen LogP contribution in [0.5, 0.6) is 5.75 Å². The predicted molar refractivity (Wildman–Crippen MR) is 73.8 cm³/mol. The molecule has 0 bridgehead atoms. The summed E-state index contributed by atoms with van der Waals surface area (Å²) in [5, 5.41) is 0. The summed E-state index contributed by atoms with van der Waals surface area (Å²) in [6.07, 6.45) is 6.60. The van der Waals surface area contributed by atoms with Crippen LogP contribution in [0.15, 0.2) is 12.1 Å². The van der Waals surface area contributed by atoms with E-state index in [1.807, 2.05) is 4.90 Å². The molecule has 1 aliphatic heterocycles. The molecular weight excluding hydrogens is 238 g/mol. The molecule has 3 heteroatoms. The average Bonchev–Trinajstić information content (AvgIpc) is 2.93. The molecule has 1 spiro atoms. The van der Waals surface area contributed by atoms with E-state index in [1.54, 1.807) is 7.11 Å². The number of amides is 1. The summed E-state index contributed by atoms with van der Waals surface area (Å²) in [5.41, 5.74) is 4.33. The van der Waals surface area contributed by atoms with Crippen LogP contribution in [0.2, 0.25) is 0 Å². The van der Waals surface area contributed by atoms with Crippen LogP contribution in [0, 0.1) is 0 Å². The number of nitrogens with zero attached hydrogens (tertiary/aromatic N) is 1. The number of hydrogen-bond donors (Lipinski definition) is 0. The first-order valence-corrected chi connectivity index (χ1v) is 7.26. The normalized spacial score (nSPS) is 23.0. The molecule has 1 heterocycles. The number of rotatable bonds is 2. The van der Waals surface area contributed by atoms with Crippen molar-refractivity contribution in [3.05, 3.63) is 23.3 Å². The molecule has 4 rings (SSSR count). The van der Waals surface area contributed by atoms with Gasteiger partial charge in [0.15, 0.2) is 0 Å². The number of carbonyl (C=O) groups is 1. The highest BCUT2D eigenvalue weighted by molar-refractivity contribution is 5.96. The third-order valence-corrected chi connectivity index (χ3v) is 5.07. The number of anilines is 1. The van der Waals surface area contributed by atoms with Crippen LogP contribution in [0.3, 0.4) is 0 Å². The summed E-state index contributed by atoms with van der Waals surface area (Å²) >= 11 is 0. The number of benzene rings is 1. The fraction of sp³-hybridized carbons (Fsp3) is 0.562. The van der Waals surface area contributed by atoms with Gasteiger partial charge in [0.05, 0.1) is 7.11 Å². The second-order valence-electron chi connectivity index (χ2n) is 6.07. The molecule has 0 aromatic heterocycles. The Labute approximate surface area is 113 Å². The number of carbonyl (C=O) groups excluding carboxylic acids is 1. The first kappa shape index (κ1) is 11.3. The fourth-order valence-electron chi connectivity index (χ4n) is 3.92. The maximum Gasteiger partial charge on any atom is 0.227 e. The van der Waals surface area contributed by atoms with Crippen LogP contribution in [0.1, 0.15) is 43.2 Å². The number of ether oxygens (including phenoxy) is 1. The lowest BCUT2D eigenvalue weighted by Gasteiger charge is -2.22. The Bertz CT molecular complexity index is 560. The van der Waals surface area contributed by atoms with Crippen LogP contribution in [0.4, 0.5) is 5.69 Å². The van der Waals surface area contributed by atoms with Crippen molar-refractivity contribution in [2.45, 2.75) is 43.9 Å². The lowest BCUT2D eigenvalue weighted by Crippen LogP contribution is -2.25. The minimum atomic E-state index is 0.282. The molecule has 1 saturated heterocycles. The van der Waals surface area contributed by atoms with E-state index in [-0.39, 0.29) is 5.91 Å². The quantitative estimate of drug-likeness (QED) is 0.815. The molecule has 2 aliphatic carbocycles. The summed E-state index contributed by atoms with van der Waals surface area (Å²) in [4.78, 5) is 14.0. The maximum absolute atomic E-state index is 12.0. The lowest BCUT2D eigenvalue weighted by molar-refractivity contribution is -0.117. The molecule has 0 N–H and O–H groups in total. The van der Waals surface area contributed by atoms with Crippen LogP contribution < -0.4 is 9.64 Å². The van der Waals surface area contributed by atoms with Crippen molar-refractivity contribution in [1.82, 2.24) is 0 Å². The number of fused-ring (bicyclic) bond motifs is 2. The second-order valence-corrected chi connectivity index (χ2v) is 6.07. The summed E-state index contributed by atoms with van der Waals surface area (Å²) < 4.78 is 5.57. The van der Waals surface area contributed by atoms with E-state index in [2.05, 4.69) is 12.1 Å². The van der Waals surface area contributed by atoms with Gasteiger partial charge in [-0.3, -0.25) is 4.79 Å². The molecule has 0 atom stereocenters. The van der Waals surface area contributed by atoms with Gasteiger partial charge in [0, 0.05) is 24.2 Å². The van der Waals surface area contributed by atoms with E-state index < -0.39 is 0 Å². The van der Waals surface area contributed by atoms with Crippen molar-refractivity contribution in [3.8, 4) is 5.75 Å². The fourth-order valence-corrected chi connectivity index (χ4v) is 3.92. The Balaban J connectivity index is 1.86. The van der Waals surface area contributed by atoms with E-state index in [1.165, 1.54) is 30.4 Å². The zero-order valence-corrected chi connectivity index (χ0v) is 11.4. The number of methoxy groups -OCH3 is 1. The Morgan fingerprint density at radius 2 is 2.05 bits per heavy atom. The van der Waals surface area contributed by atoms with Crippen LogP contribution in [0.25, 0.3) is 0 Å². The largest absolute Gasteiger partial charge is 0.496 e. The predicted octanol–water partition coefficient (Wildman–Crippen LogP) is 2.80. The Morgan fingerprint density at radius 3 is 2.68 bits per heavy atom. The van der Waals surface area contributed by atoms with Gasteiger partial charge in [0.25, 0.3) is 0 Å². The van der Waals surface area contributed by atoms with Gasteiger partial charge in [0.2, 0.25) is 5.91 Å². The summed E-state index contributed by atoms with van der Waals surface area (Å²) in [5.74, 6) is 1.31. The molecule has 1 aromatic carbocycles. The van der Waals surface area contributed by atoms with Gasteiger partial charge in [-0.1, -0.05) is 0 Å². The van der Waals surface area contributed by atoms with Gasteiger partial charge < -0.3 is 9.64 Å². The molecule has 100 valence electrons. The summed E-state index contributed by atoms with van der Waals surface area (Å²) in [7, 11) is 1.75. The van der Waals surface area contributed by atoms with Gasteiger partial charge in [-0.2, -0.15) is 0 Å². The highest BCUT2D eigenvalue weighted by Crippen LogP contribution is 2.61. The van der Waals surface area contributed by atoms with E-state index in [0.717, 1.165) is 30.8 Å². The maximum atomic E-state index is 12.0. The average molecular weight is 257 g/mol. The van der Waals surface area contributed by atoms with Crippen molar-refractivity contribution in [2.24, 2.45) is 0 Å². The van der Waals surface area contributed by atoms with Gasteiger partial charge in [-0.05, 0) is 55.2 Å². The van der Waals surface area contributed by atoms with Crippen molar-refractivity contribution in [1.29, 1.82) is 0 Å². The van der Waals surface area contributed by atoms with E-state index in [0.29, 0.717) is 11.8 Å². The van der Waals surface area contributed by atoms with Gasteiger partial charge in [-0.25, -0.2) is 0 Å². The van der Waals surface area contributed by atoms with Crippen LogP contribution >= 0.6 is 0 Å². The highest BCUT2D eigenvalue weighted by atomic mass is 16.5. The molecular formula is C16H19NO2. The SMILES string of the molecule is COc1ccc(N2CCCC2=O)c2c1C1(CC2)CC1. The topological polar surface area (TPSA) is 29.5 Å². The molecule has 3 nitrogen and oxygen atoms in total. The second kappa shape index (κ2) is 3.75. The Morgan fingerprint density at radius 1 is 1.21 bits per heavy atom. The highest BCUT2D eigenvalue weighted by Gasteiger charge is 2.51. The van der Waals surface area contributed by atoms with E-state index >= 15 is 0 Å². The molecule has 2 fully saturated rings. The Hall–Kier alpha value is -1.51. The molecule has 1 saturated carbocycles. The smallest absolute Gasteiger partial charge is 0.227 e. The third kappa shape index (κ3) is 1.47. The van der Waals surface area contributed by atoms with Gasteiger partial charge in [-0.15, -0.1) is 0 Å². The molecule has 19 heavy (non-hydrogen) atoms. The molecule has 0 unspecified atom stereocenters. The van der Waals surface area contributed by atoms with Crippen LogP contribution in [-0.2, 0) is 16.6 Å². The first-order chi connectivity index (χ1) is 9.25. The lowest BCUT2D eigenvalue weighted by atomic mass is 9.96. The van der Waals surface area contributed by atoms with Gasteiger partial charge >= 0.3 is 0 Å². The van der Waals surface area contributed by atoms with Crippen molar-refractivity contribution in [3.63, 3.8) is 0 Å². The summed E-state index contributed by atoms with van der Waals surface area (Å²) in [6.45, 7) is 0.880. The molecule has 0 radical (unpaired) electrons.